The monoisotopic (exact) mass is 855 g/mol. The Kier molecular flexibility index (Phi) is 48.1. The zero-order valence-corrected chi connectivity index (χ0v) is 39.6. The summed E-state index contributed by atoms with van der Waals surface area (Å²) in [6.07, 6.45) is 76.7. The summed E-state index contributed by atoms with van der Waals surface area (Å²) in [6.45, 7) is 3.88. The van der Waals surface area contributed by atoms with Gasteiger partial charge in [0.1, 0.15) is 6.61 Å². The van der Waals surface area contributed by atoms with Crippen LogP contribution in [0, 0.1) is 0 Å². The van der Waals surface area contributed by atoms with Gasteiger partial charge in [0.05, 0.1) is 6.61 Å². The van der Waals surface area contributed by atoms with Crippen molar-refractivity contribution in [3.63, 3.8) is 0 Å². The molecule has 348 valence electrons. The molecule has 0 aromatic carbocycles. The van der Waals surface area contributed by atoms with E-state index in [0.717, 1.165) is 122 Å². The van der Waals surface area contributed by atoms with Gasteiger partial charge in [0.25, 0.3) is 0 Å². The molecule has 62 heavy (non-hydrogen) atoms. The lowest BCUT2D eigenvalue weighted by atomic mass is 10.1. The summed E-state index contributed by atoms with van der Waals surface area (Å²) in [5, 5.41) is 9.63. The molecule has 0 saturated carbocycles. The number of aliphatic hydroxyl groups is 1. The number of aliphatic hydroxyl groups excluding tert-OH is 1. The number of rotatable bonds is 43. The molecule has 0 aliphatic carbocycles. The van der Waals surface area contributed by atoms with Crippen molar-refractivity contribution in [3.05, 3.63) is 134 Å². The van der Waals surface area contributed by atoms with E-state index in [2.05, 4.69) is 148 Å². The van der Waals surface area contributed by atoms with E-state index in [1.165, 1.54) is 44.9 Å². The summed E-state index contributed by atoms with van der Waals surface area (Å²) in [6, 6.07) is 0. The van der Waals surface area contributed by atoms with E-state index in [1.807, 2.05) is 0 Å². The van der Waals surface area contributed by atoms with Gasteiger partial charge in [0.2, 0.25) is 0 Å². The van der Waals surface area contributed by atoms with E-state index < -0.39 is 6.10 Å². The molecular weight excluding hydrogens is 765 g/mol. The Morgan fingerprint density at radius 2 is 0.645 bits per heavy atom. The van der Waals surface area contributed by atoms with E-state index in [0.29, 0.717) is 12.8 Å². The quantitative estimate of drug-likeness (QED) is 0.0376. The highest BCUT2D eigenvalue weighted by molar-refractivity contribution is 5.70. The summed E-state index contributed by atoms with van der Waals surface area (Å²) in [4.78, 5) is 24.5. The third kappa shape index (κ3) is 48.7. The Hall–Kier alpha value is -3.96. The van der Waals surface area contributed by atoms with Crippen molar-refractivity contribution < 1.29 is 24.2 Å². The first kappa shape index (κ1) is 58.0. The standard InChI is InChI=1S/C57H90O5/c1-3-5-7-9-11-13-15-17-19-21-23-25-27-28-30-32-34-36-38-40-42-44-46-48-50-52-57(60)62-55(53-58)54-61-56(59)51-49-47-45-43-41-39-37-35-33-31-29-26-24-22-20-18-16-14-12-10-8-6-4-2/h5-8,11-14,17-20,23-26,28,30-31,33-34,36,55,58H,3-4,9-10,15-16,21-22,27,29,32,35,37-54H2,1-2H3/b7-5-,8-6-,13-11-,14-12-,19-17-,20-18-,25-23-,26-24-,30-28-,33-31-,36-34-. The van der Waals surface area contributed by atoms with Gasteiger partial charge in [0, 0.05) is 12.8 Å². The third-order valence-electron chi connectivity index (χ3n) is 9.94. The van der Waals surface area contributed by atoms with Crippen LogP contribution in [-0.2, 0) is 19.1 Å². The molecule has 5 heteroatoms. The number of allylic oxidation sites excluding steroid dienone is 22. The fourth-order valence-corrected chi connectivity index (χ4v) is 6.29. The lowest BCUT2D eigenvalue weighted by molar-refractivity contribution is -0.161. The van der Waals surface area contributed by atoms with Crippen LogP contribution in [0.15, 0.2) is 134 Å². The predicted octanol–water partition coefficient (Wildman–Crippen LogP) is 16.5. The second-order valence-electron chi connectivity index (χ2n) is 15.8. The van der Waals surface area contributed by atoms with Gasteiger partial charge in [-0.1, -0.05) is 205 Å². The maximum atomic E-state index is 12.3. The molecule has 0 aliphatic heterocycles. The van der Waals surface area contributed by atoms with Crippen LogP contribution in [0.2, 0.25) is 0 Å². The highest BCUT2D eigenvalue weighted by Crippen LogP contribution is 2.13. The Bertz CT molecular complexity index is 1330. The fraction of sp³-hybridized carbons (Fsp3) is 0.579. The average molecular weight is 855 g/mol. The summed E-state index contributed by atoms with van der Waals surface area (Å²) in [5.74, 6) is -0.631. The molecule has 0 fully saturated rings. The molecule has 0 aromatic heterocycles. The molecule has 0 aromatic rings. The van der Waals surface area contributed by atoms with E-state index in [-0.39, 0.29) is 25.2 Å². The zero-order chi connectivity index (χ0) is 44.9. The number of carbonyl (C=O) groups excluding carboxylic acids is 2. The Balaban J connectivity index is 3.64. The van der Waals surface area contributed by atoms with E-state index in [1.54, 1.807) is 0 Å². The van der Waals surface area contributed by atoms with Gasteiger partial charge >= 0.3 is 11.9 Å². The third-order valence-corrected chi connectivity index (χ3v) is 9.94. The minimum Gasteiger partial charge on any atom is -0.462 e. The van der Waals surface area contributed by atoms with Crippen LogP contribution in [0.4, 0.5) is 0 Å². The lowest BCUT2D eigenvalue weighted by Crippen LogP contribution is -2.28. The number of esters is 2. The highest BCUT2D eigenvalue weighted by atomic mass is 16.6. The molecule has 0 rings (SSSR count). The molecule has 0 radical (unpaired) electrons. The summed E-state index contributed by atoms with van der Waals surface area (Å²) in [5.41, 5.74) is 0. The molecule has 0 heterocycles. The first-order valence-corrected chi connectivity index (χ1v) is 24.7. The van der Waals surface area contributed by atoms with Gasteiger partial charge < -0.3 is 14.6 Å². The van der Waals surface area contributed by atoms with Crippen molar-refractivity contribution in [3.8, 4) is 0 Å². The predicted molar refractivity (Wildman–Crippen MR) is 269 cm³/mol. The van der Waals surface area contributed by atoms with Crippen molar-refractivity contribution in [1.82, 2.24) is 0 Å². The zero-order valence-electron chi connectivity index (χ0n) is 39.6. The Labute approximate surface area is 381 Å². The van der Waals surface area contributed by atoms with E-state index in [4.69, 9.17) is 9.47 Å². The molecule has 0 bridgehead atoms. The Morgan fingerprint density at radius 1 is 0.371 bits per heavy atom. The molecular formula is C57H90O5. The van der Waals surface area contributed by atoms with Gasteiger partial charge in [0.15, 0.2) is 6.10 Å². The largest absolute Gasteiger partial charge is 0.462 e. The molecule has 0 saturated heterocycles. The van der Waals surface area contributed by atoms with Gasteiger partial charge in [-0.15, -0.1) is 0 Å². The van der Waals surface area contributed by atoms with E-state index >= 15 is 0 Å². The summed E-state index contributed by atoms with van der Waals surface area (Å²) >= 11 is 0. The summed E-state index contributed by atoms with van der Waals surface area (Å²) in [7, 11) is 0. The summed E-state index contributed by atoms with van der Waals surface area (Å²) < 4.78 is 10.7. The van der Waals surface area contributed by atoms with Crippen molar-refractivity contribution in [2.45, 2.75) is 200 Å². The molecule has 1 N–H and O–H groups in total. The van der Waals surface area contributed by atoms with Gasteiger partial charge in [-0.3, -0.25) is 9.59 Å². The molecule has 1 unspecified atom stereocenters. The minimum atomic E-state index is -0.796. The van der Waals surface area contributed by atoms with Crippen LogP contribution in [0.5, 0.6) is 0 Å². The SMILES string of the molecule is CC/C=C\C/C=C\C/C=C\C/C=C\C/C=C\C/C=C\CCCCCCCCC(=O)OC(CO)COC(=O)CCCCCCCCC/C=C\C/C=C\C/C=C\C/C=C\C/C=C\CC. The van der Waals surface area contributed by atoms with Crippen LogP contribution < -0.4 is 0 Å². The molecule has 0 aliphatic rings. The number of hydrogen-bond acceptors (Lipinski definition) is 5. The van der Waals surface area contributed by atoms with Crippen LogP contribution in [0.1, 0.15) is 194 Å². The first-order valence-electron chi connectivity index (χ1n) is 24.7. The van der Waals surface area contributed by atoms with Crippen LogP contribution in [0.25, 0.3) is 0 Å². The number of ether oxygens (including phenoxy) is 2. The van der Waals surface area contributed by atoms with Crippen LogP contribution >= 0.6 is 0 Å². The first-order chi connectivity index (χ1) is 30.6. The van der Waals surface area contributed by atoms with Crippen molar-refractivity contribution in [2.24, 2.45) is 0 Å². The van der Waals surface area contributed by atoms with Crippen LogP contribution in [-0.4, -0.2) is 36.4 Å². The molecule has 0 spiro atoms. The van der Waals surface area contributed by atoms with E-state index in [9.17, 15) is 14.7 Å². The van der Waals surface area contributed by atoms with Gasteiger partial charge in [-0.2, -0.15) is 0 Å². The molecule has 5 nitrogen and oxygen atoms in total. The maximum Gasteiger partial charge on any atom is 0.306 e. The van der Waals surface area contributed by atoms with Crippen molar-refractivity contribution in [2.75, 3.05) is 13.2 Å². The second-order valence-corrected chi connectivity index (χ2v) is 15.8. The maximum absolute atomic E-state index is 12.3. The second kappa shape index (κ2) is 51.4. The topological polar surface area (TPSA) is 72.8 Å². The van der Waals surface area contributed by atoms with Gasteiger partial charge in [-0.05, 0) is 109 Å². The molecule has 1 atom stereocenters. The molecule has 0 amide bonds. The normalized spacial score (nSPS) is 13.4. The number of unbranched alkanes of at least 4 members (excludes halogenated alkanes) is 13. The number of carbonyl (C=O) groups is 2. The fourth-order valence-electron chi connectivity index (χ4n) is 6.29. The Morgan fingerprint density at radius 3 is 0.968 bits per heavy atom. The lowest BCUT2D eigenvalue weighted by Gasteiger charge is -2.15. The number of hydrogen-bond donors (Lipinski definition) is 1. The van der Waals surface area contributed by atoms with Crippen molar-refractivity contribution >= 4 is 11.9 Å². The van der Waals surface area contributed by atoms with Crippen LogP contribution in [0.3, 0.4) is 0 Å². The van der Waals surface area contributed by atoms with Crippen molar-refractivity contribution in [1.29, 1.82) is 0 Å². The minimum absolute atomic E-state index is 0.0876. The smallest absolute Gasteiger partial charge is 0.306 e. The highest BCUT2D eigenvalue weighted by Gasteiger charge is 2.16. The van der Waals surface area contributed by atoms with Gasteiger partial charge in [-0.25, -0.2) is 0 Å². The average Bonchev–Trinajstić information content (AvgIpc) is 3.28.